The summed E-state index contributed by atoms with van der Waals surface area (Å²) in [6.07, 6.45) is 2.00. The number of halogens is 1. The van der Waals surface area contributed by atoms with Crippen LogP contribution in [-0.2, 0) is 11.5 Å². The third kappa shape index (κ3) is 3.51. The van der Waals surface area contributed by atoms with Crippen LogP contribution in [0.25, 0.3) is 10.9 Å². The SMILES string of the molecule is CSCc1nnc(SCc2cc3ccccc3nc2Cl)o1. The normalized spacial score (nSPS) is 11.1. The van der Waals surface area contributed by atoms with E-state index in [0.717, 1.165) is 22.2 Å². The van der Waals surface area contributed by atoms with E-state index in [-0.39, 0.29) is 0 Å². The number of rotatable bonds is 5. The molecule has 0 spiro atoms. The molecule has 0 amide bonds. The van der Waals surface area contributed by atoms with Crippen LogP contribution in [0, 0.1) is 0 Å². The minimum atomic E-state index is 0.519. The minimum Gasteiger partial charge on any atom is -0.415 e. The number of nitrogens with zero attached hydrogens (tertiary/aromatic N) is 3. The van der Waals surface area contributed by atoms with Crippen LogP contribution < -0.4 is 0 Å². The Morgan fingerprint density at radius 3 is 2.90 bits per heavy atom. The Labute approximate surface area is 135 Å². The second-order valence-electron chi connectivity index (χ2n) is 4.31. The van der Waals surface area contributed by atoms with Crippen LogP contribution in [0.15, 0.2) is 40.0 Å². The third-order valence-corrected chi connectivity index (χ3v) is 4.55. The van der Waals surface area contributed by atoms with E-state index < -0.39 is 0 Å². The van der Waals surface area contributed by atoms with E-state index in [9.17, 15) is 0 Å². The topological polar surface area (TPSA) is 51.8 Å². The first kappa shape index (κ1) is 14.7. The lowest BCUT2D eigenvalue weighted by Gasteiger charge is -2.04. The summed E-state index contributed by atoms with van der Waals surface area (Å²) in [6, 6.07) is 9.96. The summed E-state index contributed by atoms with van der Waals surface area (Å²) in [5, 5.41) is 10.1. The maximum atomic E-state index is 6.23. The molecule has 0 fully saturated rings. The lowest BCUT2D eigenvalue weighted by Crippen LogP contribution is -1.88. The molecule has 0 bridgehead atoms. The van der Waals surface area contributed by atoms with Gasteiger partial charge in [0.15, 0.2) is 0 Å². The summed E-state index contributed by atoms with van der Waals surface area (Å²) in [6.45, 7) is 0. The maximum Gasteiger partial charge on any atom is 0.276 e. The van der Waals surface area contributed by atoms with Crippen LogP contribution in [0.5, 0.6) is 0 Å². The van der Waals surface area contributed by atoms with Crippen LogP contribution in [0.4, 0.5) is 0 Å². The quantitative estimate of drug-likeness (QED) is 0.507. The number of fused-ring (bicyclic) bond motifs is 1. The van der Waals surface area contributed by atoms with E-state index in [1.54, 1.807) is 11.8 Å². The summed E-state index contributed by atoms with van der Waals surface area (Å²) in [5.74, 6) is 2.02. The third-order valence-electron chi connectivity index (χ3n) is 2.82. The van der Waals surface area contributed by atoms with Crippen molar-refractivity contribution in [1.29, 1.82) is 0 Å². The number of thioether (sulfide) groups is 2. The van der Waals surface area contributed by atoms with Gasteiger partial charge in [0, 0.05) is 16.7 Å². The van der Waals surface area contributed by atoms with E-state index in [2.05, 4.69) is 21.2 Å². The monoisotopic (exact) mass is 337 g/mol. The standard InChI is InChI=1S/C14H12ClN3OS2/c1-20-8-12-17-18-14(19-12)21-7-10-6-9-4-2-3-5-11(9)16-13(10)15/h2-6H,7-8H2,1H3. The number of pyridine rings is 1. The molecule has 3 rings (SSSR count). The molecule has 108 valence electrons. The van der Waals surface area contributed by atoms with Crippen LogP contribution in [0.2, 0.25) is 5.15 Å². The second-order valence-corrected chi connectivity index (χ2v) is 6.47. The number of aromatic nitrogens is 3. The molecule has 0 saturated carbocycles. The van der Waals surface area contributed by atoms with Gasteiger partial charge in [-0.1, -0.05) is 41.6 Å². The number of hydrogen-bond acceptors (Lipinski definition) is 6. The van der Waals surface area contributed by atoms with Crippen molar-refractivity contribution in [3.05, 3.63) is 46.9 Å². The van der Waals surface area contributed by atoms with Crippen molar-refractivity contribution in [3.63, 3.8) is 0 Å². The fraction of sp³-hybridized carbons (Fsp3) is 0.214. The second kappa shape index (κ2) is 6.68. The Hall–Kier alpha value is -1.24. The van der Waals surface area contributed by atoms with Gasteiger partial charge in [0.25, 0.3) is 5.22 Å². The van der Waals surface area contributed by atoms with Crippen LogP contribution in [0.1, 0.15) is 11.5 Å². The molecule has 1 aromatic carbocycles. The molecule has 7 heteroatoms. The zero-order valence-electron chi connectivity index (χ0n) is 11.2. The van der Waals surface area contributed by atoms with E-state index in [1.807, 2.05) is 30.5 Å². The highest BCUT2D eigenvalue weighted by Crippen LogP contribution is 2.27. The highest BCUT2D eigenvalue weighted by Gasteiger charge is 2.09. The van der Waals surface area contributed by atoms with Gasteiger partial charge in [-0.3, -0.25) is 0 Å². The molecule has 0 radical (unpaired) electrons. The highest BCUT2D eigenvalue weighted by atomic mass is 35.5. The average molecular weight is 338 g/mol. The Morgan fingerprint density at radius 2 is 2.05 bits per heavy atom. The van der Waals surface area contributed by atoms with E-state index in [0.29, 0.717) is 22.0 Å². The summed E-state index contributed by atoms with van der Waals surface area (Å²) >= 11 is 9.35. The molecule has 0 atom stereocenters. The van der Waals surface area contributed by atoms with Crippen molar-refractivity contribution in [2.45, 2.75) is 16.7 Å². The predicted octanol–water partition coefficient (Wildman–Crippen LogP) is 4.43. The van der Waals surface area contributed by atoms with Crippen molar-refractivity contribution >= 4 is 46.0 Å². The van der Waals surface area contributed by atoms with Gasteiger partial charge < -0.3 is 4.42 Å². The van der Waals surface area contributed by atoms with Gasteiger partial charge in [-0.05, 0) is 18.4 Å². The van der Waals surface area contributed by atoms with Gasteiger partial charge in [-0.15, -0.1) is 10.2 Å². The van der Waals surface area contributed by atoms with Gasteiger partial charge in [0.1, 0.15) is 5.15 Å². The fourth-order valence-electron chi connectivity index (χ4n) is 1.86. The van der Waals surface area contributed by atoms with Gasteiger partial charge in [0.05, 0.1) is 11.3 Å². The smallest absolute Gasteiger partial charge is 0.276 e. The molecular weight excluding hydrogens is 326 g/mol. The number of hydrogen-bond donors (Lipinski definition) is 0. The van der Waals surface area contributed by atoms with E-state index in [4.69, 9.17) is 16.0 Å². The first-order valence-corrected chi connectivity index (χ1v) is 9.00. The van der Waals surface area contributed by atoms with E-state index >= 15 is 0 Å². The van der Waals surface area contributed by atoms with Crippen molar-refractivity contribution in [1.82, 2.24) is 15.2 Å². The van der Waals surface area contributed by atoms with Crippen LogP contribution in [0.3, 0.4) is 0 Å². The minimum absolute atomic E-state index is 0.519. The summed E-state index contributed by atoms with van der Waals surface area (Å²) in [4.78, 5) is 4.40. The Balaban J connectivity index is 1.76. The first-order chi connectivity index (χ1) is 10.3. The van der Waals surface area contributed by atoms with Crippen molar-refractivity contribution < 1.29 is 4.42 Å². The molecule has 0 aliphatic rings. The molecule has 4 nitrogen and oxygen atoms in total. The maximum absolute atomic E-state index is 6.23. The van der Waals surface area contributed by atoms with Crippen LogP contribution >= 0.6 is 35.1 Å². The molecule has 0 N–H and O–H groups in total. The molecule has 3 aromatic rings. The molecule has 21 heavy (non-hydrogen) atoms. The Kier molecular flexibility index (Phi) is 4.67. The molecule has 2 aromatic heterocycles. The molecular formula is C14H12ClN3OS2. The Bertz CT molecular complexity index is 763. The molecule has 2 heterocycles. The van der Waals surface area contributed by atoms with Gasteiger partial charge in [0.2, 0.25) is 5.89 Å². The number of para-hydroxylation sites is 1. The van der Waals surface area contributed by atoms with Crippen molar-refractivity contribution in [2.75, 3.05) is 6.26 Å². The first-order valence-electron chi connectivity index (χ1n) is 6.24. The van der Waals surface area contributed by atoms with Crippen molar-refractivity contribution in [3.8, 4) is 0 Å². The lowest BCUT2D eigenvalue weighted by atomic mass is 10.2. The zero-order chi connectivity index (χ0) is 14.7. The summed E-state index contributed by atoms with van der Waals surface area (Å²) < 4.78 is 5.53. The Morgan fingerprint density at radius 1 is 1.19 bits per heavy atom. The fourth-order valence-corrected chi connectivity index (χ4v) is 3.26. The largest absolute Gasteiger partial charge is 0.415 e. The summed E-state index contributed by atoms with van der Waals surface area (Å²) in [7, 11) is 0. The highest BCUT2D eigenvalue weighted by molar-refractivity contribution is 7.98. The molecule has 0 aliphatic carbocycles. The lowest BCUT2D eigenvalue weighted by molar-refractivity contribution is 0.426. The number of benzene rings is 1. The van der Waals surface area contributed by atoms with E-state index in [1.165, 1.54) is 11.8 Å². The zero-order valence-corrected chi connectivity index (χ0v) is 13.6. The van der Waals surface area contributed by atoms with Gasteiger partial charge in [-0.2, -0.15) is 11.8 Å². The predicted molar refractivity (Wildman–Crippen MR) is 87.8 cm³/mol. The van der Waals surface area contributed by atoms with Crippen LogP contribution in [-0.4, -0.2) is 21.4 Å². The molecule has 0 unspecified atom stereocenters. The van der Waals surface area contributed by atoms with Gasteiger partial charge >= 0.3 is 0 Å². The molecule has 0 saturated heterocycles. The molecule has 0 aliphatic heterocycles. The van der Waals surface area contributed by atoms with Gasteiger partial charge in [-0.25, -0.2) is 4.98 Å². The summed E-state index contributed by atoms with van der Waals surface area (Å²) in [5.41, 5.74) is 1.86. The average Bonchev–Trinajstić information content (AvgIpc) is 2.93. The van der Waals surface area contributed by atoms with Crippen molar-refractivity contribution in [2.24, 2.45) is 0 Å².